The summed E-state index contributed by atoms with van der Waals surface area (Å²) in [4.78, 5) is 0.139. The van der Waals surface area contributed by atoms with E-state index < -0.39 is 15.6 Å². The zero-order valence-electron chi connectivity index (χ0n) is 10.2. The van der Waals surface area contributed by atoms with E-state index in [0.29, 0.717) is 21.1 Å². The summed E-state index contributed by atoms with van der Waals surface area (Å²) in [5.74, 6) is 0. The highest BCUT2D eigenvalue weighted by Gasteiger charge is 2.46. The van der Waals surface area contributed by atoms with Crippen LogP contribution in [0.25, 0.3) is 0 Å². The van der Waals surface area contributed by atoms with Gasteiger partial charge in [0.25, 0.3) is 0 Å². The molecule has 0 bridgehead atoms. The Morgan fingerprint density at radius 3 is 2.26 bits per heavy atom. The molecule has 0 unspecified atom stereocenters. The van der Waals surface area contributed by atoms with Gasteiger partial charge in [-0.25, -0.2) is 8.42 Å². The maximum atomic E-state index is 12.5. The number of benzene rings is 1. The third kappa shape index (κ3) is 2.69. The van der Waals surface area contributed by atoms with E-state index in [0.717, 1.165) is 0 Å². The smallest absolute Gasteiger partial charge is 0.245 e. The van der Waals surface area contributed by atoms with Crippen LogP contribution in [0.4, 0.5) is 5.69 Å². The molecule has 0 atom stereocenters. The van der Waals surface area contributed by atoms with Gasteiger partial charge >= 0.3 is 0 Å². The highest BCUT2D eigenvalue weighted by Crippen LogP contribution is 2.38. The molecule has 0 amide bonds. The number of hydrogen-bond acceptors (Lipinski definition) is 4. The van der Waals surface area contributed by atoms with Gasteiger partial charge in [-0.3, -0.25) is 0 Å². The van der Waals surface area contributed by atoms with Crippen molar-refractivity contribution in [3.05, 3.63) is 21.1 Å². The zero-order valence-corrected chi connectivity index (χ0v) is 14.2. The monoisotopic (exact) mass is 412 g/mol. The second-order valence-corrected chi connectivity index (χ2v) is 8.25. The Labute approximate surface area is 129 Å². The molecule has 1 heterocycles. The first-order valence-corrected chi connectivity index (χ1v) is 8.69. The van der Waals surface area contributed by atoms with Crippen molar-refractivity contribution in [3.63, 3.8) is 0 Å². The lowest BCUT2D eigenvalue weighted by molar-refractivity contribution is -0.0613. The summed E-state index contributed by atoms with van der Waals surface area (Å²) in [6.45, 7) is 2.07. The molecule has 1 aromatic rings. The van der Waals surface area contributed by atoms with Crippen LogP contribution in [-0.2, 0) is 10.0 Å². The Morgan fingerprint density at radius 2 is 1.84 bits per heavy atom. The number of nitrogens with zero attached hydrogens (tertiary/aromatic N) is 1. The first kappa shape index (κ1) is 15.2. The minimum absolute atomic E-state index is 0.120. The Morgan fingerprint density at radius 1 is 1.37 bits per heavy atom. The predicted octanol–water partition coefficient (Wildman–Crippen LogP) is 1.94. The summed E-state index contributed by atoms with van der Waals surface area (Å²) >= 11 is 6.45. The first-order valence-electron chi connectivity index (χ1n) is 5.67. The molecule has 1 aliphatic heterocycles. The lowest BCUT2D eigenvalue weighted by Gasteiger charge is -2.45. The predicted molar refractivity (Wildman–Crippen MR) is 80.3 cm³/mol. The fourth-order valence-electron chi connectivity index (χ4n) is 1.96. The summed E-state index contributed by atoms with van der Waals surface area (Å²) in [6, 6.07) is 3.09. The van der Waals surface area contributed by atoms with Crippen LogP contribution >= 0.6 is 31.9 Å². The lowest BCUT2D eigenvalue weighted by Crippen LogP contribution is -2.62. The molecule has 1 fully saturated rings. The van der Waals surface area contributed by atoms with Crippen LogP contribution in [0.5, 0.6) is 0 Å². The normalized spacial score (nSPS) is 19.2. The average molecular weight is 414 g/mol. The van der Waals surface area contributed by atoms with Gasteiger partial charge in [-0.2, -0.15) is 4.31 Å². The van der Waals surface area contributed by atoms with E-state index in [1.807, 2.05) is 6.92 Å². The maximum absolute atomic E-state index is 12.5. The number of aliphatic hydroxyl groups is 1. The van der Waals surface area contributed by atoms with E-state index >= 15 is 0 Å². The van der Waals surface area contributed by atoms with Crippen LogP contribution in [0.2, 0.25) is 0 Å². The Balaban J connectivity index is 2.38. The Kier molecular flexibility index (Phi) is 4.01. The van der Waals surface area contributed by atoms with Crippen molar-refractivity contribution >= 4 is 47.6 Å². The number of β-amino-alcohol motifs (C(OH)–C–C–N with tert-alkyl or cyclic N) is 1. The van der Waals surface area contributed by atoms with E-state index in [1.54, 1.807) is 12.1 Å². The molecule has 1 aliphatic rings. The lowest BCUT2D eigenvalue weighted by atomic mass is 9.94. The molecule has 0 aliphatic carbocycles. The molecule has 1 aromatic carbocycles. The maximum Gasteiger partial charge on any atom is 0.245 e. The molecule has 19 heavy (non-hydrogen) atoms. The molecule has 2 rings (SSSR count). The summed E-state index contributed by atoms with van der Waals surface area (Å²) < 4.78 is 27.0. The van der Waals surface area contributed by atoms with Crippen LogP contribution in [0.1, 0.15) is 13.3 Å². The molecule has 5 nitrogen and oxygen atoms in total. The van der Waals surface area contributed by atoms with E-state index in [4.69, 9.17) is 5.73 Å². The molecular weight excluding hydrogens is 400 g/mol. The minimum atomic E-state index is -3.64. The minimum Gasteiger partial charge on any atom is -0.399 e. The van der Waals surface area contributed by atoms with Crippen molar-refractivity contribution in [2.24, 2.45) is 0 Å². The summed E-state index contributed by atoms with van der Waals surface area (Å²) in [6.07, 6.45) is 0.531. The van der Waals surface area contributed by atoms with Crippen molar-refractivity contribution in [3.8, 4) is 0 Å². The first-order chi connectivity index (χ1) is 8.69. The summed E-state index contributed by atoms with van der Waals surface area (Å²) in [7, 11) is -3.64. The molecule has 0 spiro atoms. The van der Waals surface area contributed by atoms with Crippen molar-refractivity contribution in [2.75, 3.05) is 18.8 Å². The number of nitrogens with two attached hydrogens (primary N) is 1. The van der Waals surface area contributed by atoms with Crippen molar-refractivity contribution in [1.29, 1.82) is 0 Å². The van der Waals surface area contributed by atoms with Gasteiger partial charge in [-0.1, -0.05) is 6.92 Å². The second-order valence-electron chi connectivity index (χ2n) is 4.66. The van der Waals surface area contributed by atoms with Crippen LogP contribution in [0.3, 0.4) is 0 Å². The standard InChI is InChI=1S/C11H14Br2N2O3S/c1-2-11(16)5-15(6-11)19(17,18)10-8(12)3-7(14)4-9(10)13/h3-4,16H,2,5-6,14H2,1H3. The van der Waals surface area contributed by atoms with E-state index in [1.165, 1.54) is 4.31 Å². The van der Waals surface area contributed by atoms with Crippen molar-refractivity contribution in [1.82, 2.24) is 4.31 Å². The van der Waals surface area contributed by atoms with Gasteiger partial charge in [0.05, 0.1) is 5.60 Å². The van der Waals surface area contributed by atoms with E-state index in [2.05, 4.69) is 31.9 Å². The number of nitrogen functional groups attached to an aromatic ring is 1. The molecule has 0 saturated carbocycles. The highest BCUT2D eigenvalue weighted by molar-refractivity contribution is 9.11. The fourth-order valence-corrected chi connectivity index (χ4v) is 6.10. The third-order valence-electron chi connectivity index (χ3n) is 3.22. The fraction of sp³-hybridized carbons (Fsp3) is 0.455. The van der Waals surface area contributed by atoms with Gasteiger partial charge in [0.15, 0.2) is 0 Å². The molecule has 0 radical (unpaired) electrons. The topological polar surface area (TPSA) is 83.6 Å². The van der Waals surface area contributed by atoms with Crippen LogP contribution in [-0.4, -0.2) is 36.5 Å². The SMILES string of the molecule is CCC1(O)CN(S(=O)(=O)c2c(Br)cc(N)cc2Br)C1. The average Bonchev–Trinajstić information content (AvgIpc) is 2.22. The Bertz CT molecular complexity index is 589. The zero-order chi connectivity index (χ0) is 14.4. The van der Waals surface area contributed by atoms with Crippen LogP contribution < -0.4 is 5.73 Å². The summed E-state index contributed by atoms with van der Waals surface area (Å²) in [5.41, 5.74) is 5.21. The Hall–Kier alpha value is -0.150. The van der Waals surface area contributed by atoms with Gasteiger partial charge in [-0.05, 0) is 50.4 Å². The van der Waals surface area contributed by atoms with Crippen molar-refractivity contribution < 1.29 is 13.5 Å². The number of sulfonamides is 1. The van der Waals surface area contributed by atoms with Crippen LogP contribution in [0, 0.1) is 0 Å². The quantitative estimate of drug-likeness (QED) is 0.741. The molecule has 3 N–H and O–H groups in total. The van der Waals surface area contributed by atoms with E-state index in [9.17, 15) is 13.5 Å². The van der Waals surface area contributed by atoms with E-state index in [-0.39, 0.29) is 18.0 Å². The largest absolute Gasteiger partial charge is 0.399 e. The van der Waals surface area contributed by atoms with Gasteiger partial charge < -0.3 is 10.8 Å². The number of hydrogen-bond donors (Lipinski definition) is 2. The molecule has 8 heteroatoms. The molecule has 106 valence electrons. The van der Waals surface area contributed by atoms with Crippen molar-refractivity contribution in [2.45, 2.75) is 23.8 Å². The van der Waals surface area contributed by atoms with Crippen LogP contribution in [0.15, 0.2) is 26.0 Å². The summed E-state index contributed by atoms with van der Waals surface area (Å²) in [5, 5.41) is 9.93. The number of rotatable bonds is 3. The van der Waals surface area contributed by atoms with Gasteiger partial charge in [0.1, 0.15) is 4.90 Å². The van der Waals surface area contributed by atoms with Gasteiger partial charge in [0.2, 0.25) is 10.0 Å². The van der Waals surface area contributed by atoms with Gasteiger partial charge in [-0.15, -0.1) is 0 Å². The number of halogens is 2. The number of anilines is 1. The molecular formula is C11H14Br2N2O3S. The van der Waals surface area contributed by atoms with Gasteiger partial charge in [0, 0.05) is 27.7 Å². The highest BCUT2D eigenvalue weighted by atomic mass is 79.9. The third-order valence-corrected chi connectivity index (χ3v) is 6.89. The second kappa shape index (κ2) is 5.00. The molecule has 0 aromatic heterocycles. The molecule has 1 saturated heterocycles.